The van der Waals surface area contributed by atoms with Gasteiger partial charge in [0.1, 0.15) is 5.56 Å². The van der Waals surface area contributed by atoms with E-state index in [1.54, 1.807) is 0 Å². The molecule has 0 aliphatic carbocycles. The van der Waals surface area contributed by atoms with E-state index in [1.165, 1.54) is 0 Å². The number of H-pyrrole nitrogens is 1. The van der Waals surface area contributed by atoms with Crippen molar-refractivity contribution < 1.29 is 4.79 Å². The Kier molecular flexibility index (Phi) is 4.09. The lowest BCUT2D eigenvalue weighted by Crippen LogP contribution is -2.41. The van der Waals surface area contributed by atoms with Crippen LogP contribution in [0.3, 0.4) is 0 Å². The number of aryl methyl sites for hydroxylation is 1. The number of amides is 1. The van der Waals surface area contributed by atoms with Gasteiger partial charge in [-0.3, -0.25) is 9.89 Å². The number of carbonyl (C=O) groups excluding carboxylic acids is 1. The first-order valence-corrected chi connectivity index (χ1v) is 6.73. The normalized spacial score (nSPS) is 17.2. The molecule has 3 N–H and O–H groups in total. The number of anilines is 1. The van der Waals surface area contributed by atoms with Crippen LogP contribution in [-0.2, 0) is 0 Å². The summed E-state index contributed by atoms with van der Waals surface area (Å²) in [5.74, 6) is 0.992. The maximum Gasteiger partial charge on any atom is 0.259 e. The zero-order valence-electron chi connectivity index (χ0n) is 11.9. The molecule has 19 heavy (non-hydrogen) atoms. The van der Waals surface area contributed by atoms with Gasteiger partial charge >= 0.3 is 0 Å². The largest absolute Gasteiger partial charge is 0.382 e. The zero-order valence-corrected chi connectivity index (χ0v) is 11.9. The van der Waals surface area contributed by atoms with Gasteiger partial charge in [-0.2, -0.15) is 5.10 Å². The maximum atomic E-state index is 12.4. The number of nitrogens with one attached hydrogen (secondary N) is 1. The number of hydrogen-bond acceptors (Lipinski definition) is 4. The third-order valence-corrected chi connectivity index (χ3v) is 3.71. The molecule has 0 saturated carbocycles. The number of carbonyl (C=O) groups is 1. The van der Waals surface area contributed by atoms with Crippen molar-refractivity contribution in [3.63, 3.8) is 0 Å². The van der Waals surface area contributed by atoms with E-state index in [4.69, 9.17) is 5.73 Å². The Balaban J connectivity index is 1.96. The molecule has 1 aliphatic heterocycles. The first kappa shape index (κ1) is 13.9. The SMILES string of the molecule is Cc1[nH]nc(N)c1C(=O)N1CCC(CN(C)C)CC1. The number of piperidine rings is 1. The monoisotopic (exact) mass is 265 g/mol. The number of rotatable bonds is 3. The number of hydrogen-bond donors (Lipinski definition) is 2. The molecule has 0 aromatic carbocycles. The summed E-state index contributed by atoms with van der Waals surface area (Å²) in [6.45, 7) is 4.53. The highest BCUT2D eigenvalue weighted by Gasteiger charge is 2.27. The highest BCUT2D eigenvalue weighted by Crippen LogP contribution is 2.22. The first-order valence-electron chi connectivity index (χ1n) is 6.73. The summed E-state index contributed by atoms with van der Waals surface area (Å²) in [5.41, 5.74) is 7.03. The highest BCUT2D eigenvalue weighted by molar-refractivity contribution is 5.99. The molecule has 1 fully saturated rings. The quantitative estimate of drug-likeness (QED) is 0.844. The Bertz CT molecular complexity index is 426. The Hall–Kier alpha value is -1.56. The Morgan fingerprint density at radius 3 is 2.58 bits per heavy atom. The summed E-state index contributed by atoms with van der Waals surface area (Å²) in [7, 11) is 4.18. The highest BCUT2D eigenvalue weighted by atomic mass is 16.2. The molecule has 6 heteroatoms. The molecule has 1 aromatic heterocycles. The minimum absolute atomic E-state index is 0.00653. The van der Waals surface area contributed by atoms with Gasteiger partial charge < -0.3 is 15.5 Å². The van der Waals surface area contributed by atoms with E-state index in [-0.39, 0.29) is 5.91 Å². The minimum Gasteiger partial charge on any atom is -0.382 e. The fourth-order valence-electron chi connectivity index (χ4n) is 2.71. The second-order valence-electron chi connectivity index (χ2n) is 5.61. The van der Waals surface area contributed by atoms with Gasteiger partial charge in [0.2, 0.25) is 0 Å². The third-order valence-electron chi connectivity index (χ3n) is 3.71. The zero-order chi connectivity index (χ0) is 14.0. The molecule has 0 radical (unpaired) electrons. The van der Waals surface area contributed by atoms with Crippen molar-refractivity contribution in [3.05, 3.63) is 11.3 Å². The fourth-order valence-corrected chi connectivity index (χ4v) is 2.71. The van der Waals surface area contributed by atoms with Crippen molar-refractivity contribution in [2.75, 3.05) is 39.5 Å². The summed E-state index contributed by atoms with van der Waals surface area (Å²) < 4.78 is 0. The van der Waals surface area contributed by atoms with Crippen LogP contribution >= 0.6 is 0 Å². The molecule has 0 spiro atoms. The molecule has 1 aliphatic rings. The van der Waals surface area contributed by atoms with E-state index < -0.39 is 0 Å². The van der Waals surface area contributed by atoms with Gasteiger partial charge in [0.05, 0.1) is 0 Å². The van der Waals surface area contributed by atoms with Gasteiger partial charge in [0.15, 0.2) is 5.82 Å². The van der Waals surface area contributed by atoms with Crippen LogP contribution in [0.1, 0.15) is 28.9 Å². The lowest BCUT2D eigenvalue weighted by molar-refractivity contribution is 0.0678. The summed E-state index contributed by atoms with van der Waals surface area (Å²) >= 11 is 0. The van der Waals surface area contributed by atoms with Crippen molar-refractivity contribution in [2.24, 2.45) is 5.92 Å². The molecule has 6 nitrogen and oxygen atoms in total. The average Bonchev–Trinajstić information content (AvgIpc) is 2.68. The van der Waals surface area contributed by atoms with Gasteiger partial charge in [-0.15, -0.1) is 0 Å². The van der Waals surface area contributed by atoms with Gasteiger partial charge in [-0.1, -0.05) is 0 Å². The molecule has 106 valence electrons. The Morgan fingerprint density at radius 1 is 1.47 bits per heavy atom. The lowest BCUT2D eigenvalue weighted by atomic mass is 9.96. The van der Waals surface area contributed by atoms with Crippen molar-refractivity contribution >= 4 is 11.7 Å². The number of nitrogens with two attached hydrogens (primary N) is 1. The third kappa shape index (κ3) is 3.07. The topological polar surface area (TPSA) is 78.2 Å². The predicted molar refractivity (Wildman–Crippen MR) is 74.9 cm³/mol. The summed E-state index contributed by atoms with van der Waals surface area (Å²) in [5, 5.41) is 6.65. The second kappa shape index (κ2) is 5.61. The number of aromatic amines is 1. The van der Waals surface area contributed by atoms with E-state index in [0.717, 1.165) is 38.2 Å². The predicted octanol–water partition coefficient (Wildman–Crippen LogP) is 0.714. The summed E-state index contributed by atoms with van der Waals surface area (Å²) in [6.07, 6.45) is 2.11. The summed E-state index contributed by atoms with van der Waals surface area (Å²) in [6, 6.07) is 0. The van der Waals surface area contributed by atoms with Gasteiger partial charge in [-0.05, 0) is 39.8 Å². The van der Waals surface area contributed by atoms with Crippen LogP contribution in [0.5, 0.6) is 0 Å². The van der Waals surface area contributed by atoms with Crippen LogP contribution in [0.15, 0.2) is 0 Å². The molecule has 1 amide bonds. The standard InChI is InChI=1S/C13H23N5O/c1-9-11(12(14)16-15-9)13(19)18-6-4-10(5-7-18)8-17(2)3/h10H,4-8H2,1-3H3,(H3,14,15,16). The molecule has 1 aromatic rings. The van der Waals surface area contributed by atoms with Gasteiger partial charge in [0.25, 0.3) is 5.91 Å². The molecule has 0 bridgehead atoms. The summed E-state index contributed by atoms with van der Waals surface area (Å²) in [4.78, 5) is 16.5. The van der Waals surface area contributed by atoms with Crippen LogP contribution < -0.4 is 5.73 Å². The van der Waals surface area contributed by atoms with Crippen LogP contribution in [0.25, 0.3) is 0 Å². The number of aromatic nitrogens is 2. The van der Waals surface area contributed by atoms with Crippen LogP contribution in [-0.4, -0.2) is 59.6 Å². The van der Waals surface area contributed by atoms with E-state index in [2.05, 4.69) is 29.2 Å². The fraction of sp³-hybridized carbons (Fsp3) is 0.692. The van der Waals surface area contributed by atoms with Gasteiger partial charge in [0, 0.05) is 25.3 Å². The Morgan fingerprint density at radius 2 is 2.11 bits per heavy atom. The molecule has 0 unspecified atom stereocenters. The van der Waals surface area contributed by atoms with Crippen molar-refractivity contribution in [1.29, 1.82) is 0 Å². The van der Waals surface area contributed by atoms with Gasteiger partial charge in [-0.25, -0.2) is 0 Å². The first-order chi connectivity index (χ1) is 8.99. The smallest absolute Gasteiger partial charge is 0.259 e. The number of likely N-dealkylation sites (tertiary alicyclic amines) is 1. The van der Waals surface area contributed by atoms with Crippen molar-refractivity contribution in [2.45, 2.75) is 19.8 Å². The second-order valence-corrected chi connectivity index (χ2v) is 5.61. The van der Waals surface area contributed by atoms with Crippen molar-refractivity contribution in [3.8, 4) is 0 Å². The Labute approximate surface area is 113 Å². The molecule has 2 heterocycles. The van der Waals surface area contributed by atoms with E-state index in [9.17, 15) is 4.79 Å². The van der Waals surface area contributed by atoms with Crippen molar-refractivity contribution in [1.82, 2.24) is 20.0 Å². The molecule has 1 saturated heterocycles. The van der Waals surface area contributed by atoms with E-state index in [0.29, 0.717) is 17.3 Å². The van der Waals surface area contributed by atoms with Crippen LogP contribution in [0.2, 0.25) is 0 Å². The number of nitrogens with zero attached hydrogens (tertiary/aromatic N) is 3. The van der Waals surface area contributed by atoms with Crippen LogP contribution in [0.4, 0.5) is 5.82 Å². The molecular weight excluding hydrogens is 242 g/mol. The number of nitrogen functional groups attached to an aromatic ring is 1. The molecule has 2 rings (SSSR count). The maximum absolute atomic E-state index is 12.4. The van der Waals surface area contributed by atoms with Crippen LogP contribution in [0, 0.1) is 12.8 Å². The van der Waals surface area contributed by atoms with E-state index >= 15 is 0 Å². The van der Waals surface area contributed by atoms with E-state index in [1.807, 2.05) is 11.8 Å². The average molecular weight is 265 g/mol. The lowest BCUT2D eigenvalue weighted by Gasteiger charge is -2.33. The minimum atomic E-state index is 0.00653. The molecular formula is C13H23N5O. The molecule has 0 atom stereocenters.